The molecule has 2 heteroatoms. The van der Waals surface area contributed by atoms with E-state index in [0.29, 0.717) is 11.5 Å². The van der Waals surface area contributed by atoms with Crippen molar-refractivity contribution in [1.29, 1.82) is 0 Å². The molecule has 22 heavy (non-hydrogen) atoms. The van der Waals surface area contributed by atoms with Gasteiger partial charge in [-0.1, -0.05) is 31.5 Å². The van der Waals surface area contributed by atoms with Crippen molar-refractivity contribution >= 4 is 11.1 Å². The molecule has 0 heterocycles. The first kappa shape index (κ1) is 14.7. The van der Waals surface area contributed by atoms with E-state index in [1.165, 1.54) is 22.3 Å². The van der Waals surface area contributed by atoms with Crippen molar-refractivity contribution in [3.63, 3.8) is 0 Å². The lowest BCUT2D eigenvalue weighted by Crippen LogP contribution is -1.94. The number of hydrogen-bond donors (Lipinski definition) is 2. The first-order valence-corrected chi connectivity index (χ1v) is 8.02. The molecule has 0 saturated carbocycles. The van der Waals surface area contributed by atoms with Crippen molar-refractivity contribution in [2.24, 2.45) is 0 Å². The molecule has 0 bridgehead atoms. The molecule has 0 radical (unpaired) electrons. The second kappa shape index (κ2) is 6.27. The fourth-order valence-electron chi connectivity index (χ4n) is 3.40. The molecule has 0 amide bonds. The Hall–Kier alpha value is -2.22. The minimum absolute atomic E-state index is 0.316. The Morgan fingerprint density at radius 2 is 1.77 bits per heavy atom. The summed E-state index contributed by atoms with van der Waals surface area (Å²) in [5.41, 5.74) is 6.31. The number of aryl methyl sites for hydroxylation is 1. The van der Waals surface area contributed by atoms with Gasteiger partial charge in [-0.15, -0.1) is 0 Å². The third-order valence-electron chi connectivity index (χ3n) is 4.35. The first-order chi connectivity index (χ1) is 10.7. The summed E-state index contributed by atoms with van der Waals surface area (Å²) in [6.07, 6.45) is 5.16. The lowest BCUT2D eigenvalue weighted by molar-refractivity contribution is 0.474. The fraction of sp³-hybridized carbons (Fsp3) is 0.300. The number of allylic oxidation sites excluding steroid dienone is 2. The van der Waals surface area contributed by atoms with E-state index in [1.807, 2.05) is 24.3 Å². The van der Waals surface area contributed by atoms with Gasteiger partial charge in [-0.3, -0.25) is 0 Å². The van der Waals surface area contributed by atoms with Gasteiger partial charge in [-0.2, -0.15) is 0 Å². The predicted molar refractivity (Wildman–Crippen MR) is 90.9 cm³/mol. The van der Waals surface area contributed by atoms with Crippen molar-refractivity contribution in [3.05, 3.63) is 59.2 Å². The lowest BCUT2D eigenvalue weighted by Gasteiger charge is -2.15. The van der Waals surface area contributed by atoms with Crippen LogP contribution in [0.1, 0.15) is 49.3 Å². The molecule has 0 fully saturated rings. The van der Waals surface area contributed by atoms with Gasteiger partial charge in [0.15, 0.2) is 0 Å². The van der Waals surface area contributed by atoms with Crippen LogP contribution >= 0.6 is 0 Å². The third kappa shape index (κ3) is 2.87. The van der Waals surface area contributed by atoms with Gasteiger partial charge in [0.2, 0.25) is 0 Å². The van der Waals surface area contributed by atoms with E-state index >= 15 is 0 Å². The highest BCUT2D eigenvalue weighted by atomic mass is 16.3. The maximum atomic E-state index is 9.81. The van der Waals surface area contributed by atoms with Crippen LogP contribution in [0.15, 0.2) is 42.5 Å². The quantitative estimate of drug-likeness (QED) is 0.822. The lowest BCUT2D eigenvalue weighted by atomic mass is 9.90. The number of phenols is 2. The van der Waals surface area contributed by atoms with Gasteiger partial charge < -0.3 is 10.2 Å². The smallest absolute Gasteiger partial charge is 0.116 e. The number of benzene rings is 2. The molecule has 114 valence electrons. The van der Waals surface area contributed by atoms with Crippen LogP contribution in [0.4, 0.5) is 0 Å². The minimum atomic E-state index is 0.316. The molecule has 0 atom stereocenters. The highest BCUT2D eigenvalue weighted by Gasteiger charge is 2.18. The second-order valence-corrected chi connectivity index (χ2v) is 5.95. The van der Waals surface area contributed by atoms with Gasteiger partial charge in [0.25, 0.3) is 0 Å². The molecule has 3 rings (SSSR count). The fourth-order valence-corrected chi connectivity index (χ4v) is 3.40. The van der Waals surface area contributed by atoms with Crippen LogP contribution in [0.5, 0.6) is 11.5 Å². The van der Waals surface area contributed by atoms with Crippen LogP contribution < -0.4 is 0 Å². The van der Waals surface area contributed by atoms with E-state index in [0.717, 1.165) is 37.7 Å². The van der Waals surface area contributed by atoms with Gasteiger partial charge >= 0.3 is 0 Å². The molecule has 0 unspecified atom stereocenters. The Bertz CT molecular complexity index is 713. The zero-order valence-corrected chi connectivity index (χ0v) is 13.0. The summed E-state index contributed by atoms with van der Waals surface area (Å²) in [4.78, 5) is 0. The largest absolute Gasteiger partial charge is 0.508 e. The highest BCUT2D eigenvalue weighted by Crippen LogP contribution is 2.39. The standard InChI is InChI=1S/C20H22O2/c1-2-5-20-18(14-6-3-8-16(21)12-14)9-4-7-15-13-17(22)10-11-19(15)20/h3,6,8,10-13,21-22H,2,4-5,7,9H2,1H3. The van der Waals surface area contributed by atoms with Gasteiger partial charge in [-0.25, -0.2) is 0 Å². The van der Waals surface area contributed by atoms with E-state index in [9.17, 15) is 10.2 Å². The normalized spacial score (nSPS) is 14.6. The minimum Gasteiger partial charge on any atom is -0.508 e. The number of fused-ring (bicyclic) bond motifs is 1. The Labute approximate surface area is 131 Å². The van der Waals surface area contributed by atoms with E-state index < -0.39 is 0 Å². The van der Waals surface area contributed by atoms with Gasteiger partial charge in [0.05, 0.1) is 0 Å². The average molecular weight is 294 g/mol. The van der Waals surface area contributed by atoms with Crippen LogP contribution in [0.25, 0.3) is 11.1 Å². The Balaban J connectivity index is 2.19. The molecule has 0 aromatic heterocycles. The van der Waals surface area contributed by atoms with Crippen LogP contribution in [-0.2, 0) is 6.42 Å². The number of phenolic OH excluding ortho intramolecular Hbond substituents is 2. The Morgan fingerprint density at radius 1 is 0.955 bits per heavy atom. The maximum absolute atomic E-state index is 9.81. The molecule has 2 aromatic rings. The summed E-state index contributed by atoms with van der Waals surface area (Å²) >= 11 is 0. The maximum Gasteiger partial charge on any atom is 0.116 e. The van der Waals surface area contributed by atoms with Gasteiger partial charge in [0, 0.05) is 0 Å². The third-order valence-corrected chi connectivity index (χ3v) is 4.35. The number of hydrogen-bond acceptors (Lipinski definition) is 2. The SMILES string of the molecule is CCCC1=C(c2cccc(O)c2)CCCc2cc(O)ccc21. The summed E-state index contributed by atoms with van der Waals surface area (Å²) in [7, 11) is 0. The van der Waals surface area contributed by atoms with Gasteiger partial charge in [0.1, 0.15) is 11.5 Å². The van der Waals surface area contributed by atoms with E-state index in [-0.39, 0.29) is 0 Å². The number of aromatic hydroxyl groups is 2. The number of rotatable bonds is 3. The molecule has 0 saturated heterocycles. The van der Waals surface area contributed by atoms with Crippen LogP contribution in [0, 0.1) is 0 Å². The summed E-state index contributed by atoms with van der Waals surface area (Å²) < 4.78 is 0. The Morgan fingerprint density at radius 3 is 2.55 bits per heavy atom. The summed E-state index contributed by atoms with van der Waals surface area (Å²) in [6, 6.07) is 13.3. The summed E-state index contributed by atoms with van der Waals surface area (Å²) in [6.45, 7) is 2.19. The zero-order valence-electron chi connectivity index (χ0n) is 13.0. The Kier molecular flexibility index (Phi) is 4.19. The molecule has 1 aliphatic rings. The van der Waals surface area contributed by atoms with E-state index in [1.54, 1.807) is 12.1 Å². The second-order valence-electron chi connectivity index (χ2n) is 5.95. The summed E-state index contributed by atoms with van der Waals surface area (Å²) in [5, 5.41) is 19.6. The molecule has 2 nitrogen and oxygen atoms in total. The first-order valence-electron chi connectivity index (χ1n) is 8.02. The van der Waals surface area contributed by atoms with Crippen molar-refractivity contribution in [2.75, 3.05) is 0 Å². The highest BCUT2D eigenvalue weighted by molar-refractivity contribution is 5.92. The molecule has 2 aromatic carbocycles. The average Bonchev–Trinajstić information content (AvgIpc) is 2.67. The van der Waals surface area contributed by atoms with Crippen LogP contribution in [0.3, 0.4) is 0 Å². The van der Waals surface area contributed by atoms with Crippen LogP contribution in [-0.4, -0.2) is 10.2 Å². The topological polar surface area (TPSA) is 40.5 Å². The molecule has 0 spiro atoms. The predicted octanol–water partition coefficient (Wildman–Crippen LogP) is 5.15. The van der Waals surface area contributed by atoms with E-state index in [4.69, 9.17) is 0 Å². The van der Waals surface area contributed by atoms with Crippen LogP contribution in [0.2, 0.25) is 0 Å². The summed E-state index contributed by atoms with van der Waals surface area (Å²) in [5.74, 6) is 0.659. The van der Waals surface area contributed by atoms with Crippen molar-refractivity contribution in [3.8, 4) is 11.5 Å². The van der Waals surface area contributed by atoms with Crippen molar-refractivity contribution in [2.45, 2.75) is 39.0 Å². The molecular formula is C20H22O2. The van der Waals surface area contributed by atoms with E-state index in [2.05, 4.69) is 13.0 Å². The molecule has 0 aliphatic heterocycles. The molecule has 1 aliphatic carbocycles. The van der Waals surface area contributed by atoms with Crippen molar-refractivity contribution in [1.82, 2.24) is 0 Å². The molecular weight excluding hydrogens is 272 g/mol. The monoisotopic (exact) mass is 294 g/mol. The van der Waals surface area contributed by atoms with Crippen molar-refractivity contribution < 1.29 is 10.2 Å². The van der Waals surface area contributed by atoms with Gasteiger partial charge in [-0.05, 0) is 77.8 Å². The molecule has 2 N–H and O–H groups in total. The zero-order chi connectivity index (χ0) is 15.5.